The van der Waals surface area contributed by atoms with Crippen molar-refractivity contribution in [3.63, 3.8) is 0 Å². The summed E-state index contributed by atoms with van der Waals surface area (Å²) in [6.45, 7) is 1.78. The summed E-state index contributed by atoms with van der Waals surface area (Å²) in [4.78, 5) is 24.9. The van der Waals surface area contributed by atoms with Crippen LogP contribution in [0.3, 0.4) is 0 Å². The molecule has 2 heterocycles. The number of carboxylic acid groups (broad SMARTS) is 1. The highest BCUT2D eigenvalue weighted by Crippen LogP contribution is 2.20. The standard InChI is InChI=1S/C11H14N2O3/c14-10-5-8(11(15)16)4-9(13-10)7-2-1-3-12-6-7/h4-5,7,12H,1-3,6H2,(H,13,14)(H,15,16). The number of H-pyrrole nitrogens is 1. The Labute approximate surface area is 92.5 Å². The zero-order valence-electron chi connectivity index (χ0n) is 8.82. The average molecular weight is 222 g/mol. The van der Waals surface area contributed by atoms with E-state index in [1.54, 1.807) is 6.07 Å². The maximum atomic E-state index is 11.3. The predicted octanol–water partition coefficient (Wildman–Crippen LogP) is 0.540. The number of rotatable bonds is 2. The van der Waals surface area contributed by atoms with Gasteiger partial charge < -0.3 is 15.4 Å². The van der Waals surface area contributed by atoms with E-state index in [0.29, 0.717) is 0 Å². The first kappa shape index (κ1) is 10.9. The molecular formula is C11H14N2O3. The van der Waals surface area contributed by atoms with Gasteiger partial charge in [-0.15, -0.1) is 0 Å². The molecule has 5 heteroatoms. The number of nitrogens with one attached hydrogen (secondary N) is 2. The first-order chi connectivity index (χ1) is 7.66. The molecule has 1 aromatic heterocycles. The van der Waals surface area contributed by atoms with Crippen LogP contribution >= 0.6 is 0 Å². The summed E-state index contributed by atoms with van der Waals surface area (Å²) < 4.78 is 0. The number of pyridine rings is 1. The Kier molecular flexibility index (Phi) is 3.05. The van der Waals surface area contributed by atoms with Crippen molar-refractivity contribution in [1.82, 2.24) is 10.3 Å². The van der Waals surface area contributed by atoms with Gasteiger partial charge in [0.2, 0.25) is 5.56 Å². The topological polar surface area (TPSA) is 82.2 Å². The molecule has 0 bridgehead atoms. The minimum absolute atomic E-state index is 0.0596. The van der Waals surface area contributed by atoms with Crippen LogP contribution in [0.25, 0.3) is 0 Å². The van der Waals surface area contributed by atoms with Crippen LogP contribution < -0.4 is 10.9 Å². The highest BCUT2D eigenvalue weighted by molar-refractivity contribution is 5.87. The number of aromatic amines is 1. The van der Waals surface area contributed by atoms with E-state index in [2.05, 4.69) is 10.3 Å². The maximum Gasteiger partial charge on any atom is 0.335 e. The van der Waals surface area contributed by atoms with Crippen molar-refractivity contribution >= 4 is 5.97 Å². The van der Waals surface area contributed by atoms with Crippen LogP contribution in [-0.4, -0.2) is 29.1 Å². The zero-order chi connectivity index (χ0) is 11.5. The summed E-state index contributed by atoms with van der Waals surface area (Å²) in [5.74, 6) is -0.850. The predicted molar refractivity (Wildman–Crippen MR) is 58.9 cm³/mol. The summed E-state index contributed by atoms with van der Waals surface area (Å²) >= 11 is 0. The molecule has 2 rings (SSSR count). The summed E-state index contributed by atoms with van der Waals surface area (Å²) in [7, 11) is 0. The quantitative estimate of drug-likeness (QED) is 0.682. The van der Waals surface area contributed by atoms with Gasteiger partial charge in [-0.25, -0.2) is 4.79 Å². The van der Waals surface area contributed by atoms with Crippen molar-refractivity contribution < 1.29 is 9.90 Å². The van der Waals surface area contributed by atoms with Crippen molar-refractivity contribution in [3.8, 4) is 0 Å². The first-order valence-electron chi connectivity index (χ1n) is 5.35. The third-order valence-corrected chi connectivity index (χ3v) is 2.85. The lowest BCUT2D eigenvalue weighted by Gasteiger charge is -2.22. The van der Waals surface area contributed by atoms with Gasteiger partial charge in [0.05, 0.1) is 5.56 Å². The zero-order valence-corrected chi connectivity index (χ0v) is 8.82. The maximum absolute atomic E-state index is 11.3. The van der Waals surface area contributed by atoms with Crippen LogP contribution in [0.4, 0.5) is 0 Å². The first-order valence-corrected chi connectivity index (χ1v) is 5.35. The molecule has 0 aliphatic carbocycles. The van der Waals surface area contributed by atoms with Gasteiger partial charge in [0, 0.05) is 24.2 Å². The van der Waals surface area contributed by atoms with Crippen LogP contribution in [0.1, 0.15) is 34.8 Å². The third kappa shape index (κ3) is 2.30. The number of aromatic carboxylic acids is 1. The normalized spacial score (nSPS) is 20.6. The minimum Gasteiger partial charge on any atom is -0.478 e. The highest BCUT2D eigenvalue weighted by Gasteiger charge is 2.17. The van der Waals surface area contributed by atoms with Crippen LogP contribution in [-0.2, 0) is 0 Å². The van der Waals surface area contributed by atoms with Gasteiger partial charge in [-0.3, -0.25) is 4.79 Å². The fourth-order valence-electron chi connectivity index (χ4n) is 2.03. The molecule has 5 nitrogen and oxygen atoms in total. The Morgan fingerprint density at radius 2 is 2.25 bits per heavy atom. The Bertz CT molecular complexity index is 447. The molecule has 1 fully saturated rings. The second-order valence-electron chi connectivity index (χ2n) is 4.04. The van der Waals surface area contributed by atoms with Crippen LogP contribution in [0.5, 0.6) is 0 Å². The van der Waals surface area contributed by atoms with Crippen LogP contribution in [0.15, 0.2) is 16.9 Å². The van der Waals surface area contributed by atoms with E-state index < -0.39 is 5.97 Å². The summed E-state index contributed by atoms with van der Waals surface area (Å²) in [6, 6.07) is 2.67. The lowest BCUT2D eigenvalue weighted by molar-refractivity contribution is 0.0696. The molecule has 0 amide bonds. The van der Waals surface area contributed by atoms with Crippen molar-refractivity contribution in [2.75, 3.05) is 13.1 Å². The highest BCUT2D eigenvalue weighted by atomic mass is 16.4. The fourth-order valence-corrected chi connectivity index (χ4v) is 2.03. The summed E-state index contributed by atoms with van der Waals surface area (Å²) in [6.07, 6.45) is 2.02. The van der Waals surface area contributed by atoms with Gasteiger partial charge in [-0.2, -0.15) is 0 Å². The van der Waals surface area contributed by atoms with Crippen molar-refractivity contribution in [2.24, 2.45) is 0 Å². The Hall–Kier alpha value is -1.62. The molecule has 1 aliphatic rings. The number of hydrogen-bond donors (Lipinski definition) is 3. The number of carbonyl (C=O) groups is 1. The molecule has 1 saturated heterocycles. The molecule has 1 atom stereocenters. The van der Waals surface area contributed by atoms with E-state index in [0.717, 1.165) is 37.7 Å². The molecule has 3 N–H and O–H groups in total. The second-order valence-corrected chi connectivity index (χ2v) is 4.04. The second kappa shape index (κ2) is 4.49. The Morgan fingerprint density at radius 1 is 1.44 bits per heavy atom. The number of aromatic nitrogens is 1. The molecular weight excluding hydrogens is 208 g/mol. The van der Waals surface area contributed by atoms with Gasteiger partial charge in [-0.05, 0) is 25.5 Å². The van der Waals surface area contributed by atoms with Gasteiger partial charge >= 0.3 is 5.97 Å². The lowest BCUT2D eigenvalue weighted by atomic mass is 9.95. The van der Waals surface area contributed by atoms with Gasteiger partial charge in [0.25, 0.3) is 0 Å². The largest absolute Gasteiger partial charge is 0.478 e. The van der Waals surface area contributed by atoms with Gasteiger partial charge in [-0.1, -0.05) is 0 Å². The average Bonchev–Trinajstić information content (AvgIpc) is 2.29. The Balaban J connectivity index is 2.32. The van der Waals surface area contributed by atoms with E-state index in [1.165, 1.54) is 0 Å². The van der Waals surface area contributed by atoms with E-state index >= 15 is 0 Å². The fraction of sp³-hybridized carbons (Fsp3) is 0.455. The van der Waals surface area contributed by atoms with E-state index in [9.17, 15) is 9.59 Å². The molecule has 0 radical (unpaired) electrons. The van der Waals surface area contributed by atoms with Gasteiger partial charge in [0.1, 0.15) is 0 Å². The van der Waals surface area contributed by atoms with Crippen LogP contribution in [0.2, 0.25) is 0 Å². The molecule has 1 aromatic rings. The van der Waals surface area contributed by atoms with Crippen molar-refractivity contribution in [3.05, 3.63) is 33.7 Å². The third-order valence-electron chi connectivity index (χ3n) is 2.85. The molecule has 86 valence electrons. The number of piperidine rings is 1. The smallest absolute Gasteiger partial charge is 0.335 e. The molecule has 1 aliphatic heterocycles. The van der Waals surface area contributed by atoms with E-state index in [4.69, 9.17) is 5.11 Å². The summed E-state index contributed by atoms with van der Waals surface area (Å²) in [5, 5.41) is 12.1. The minimum atomic E-state index is -1.06. The molecule has 16 heavy (non-hydrogen) atoms. The van der Waals surface area contributed by atoms with Crippen molar-refractivity contribution in [1.29, 1.82) is 0 Å². The molecule has 0 saturated carbocycles. The molecule has 1 unspecified atom stereocenters. The van der Waals surface area contributed by atoms with Gasteiger partial charge in [0.15, 0.2) is 0 Å². The summed E-state index contributed by atoms with van der Waals surface area (Å²) in [5.41, 5.74) is 0.432. The lowest BCUT2D eigenvalue weighted by Crippen LogP contribution is -2.30. The monoisotopic (exact) mass is 222 g/mol. The SMILES string of the molecule is O=C(O)c1cc(C2CCCNC2)[nH]c(=O)c1. The Morgan fingerprint density at radius 3 is 2.88 bits per heavy atom. The molecule has 0 spiro atoms. The van der Waals surface area contributed by atoms with Crippen molar-refractivity contribution in [2.45, 2.75) is 18.8 Å². The van der Waals surface area contributed by atoms with E-state index in [-0.39, 0.29) is 17.0 Å². The number of carboxylic acids is 1. The number of hydrogen-bond acceptors (Lipinski definition) is 3. The van der Waals surface area contributed by atoms with Crippen LogP contribution in [0, 0.1) is 0 Å². The van der Waals surface area contributed by atoms with E-state index in [1.807, 2.05) is 0 Å². The molecule has 0 aromatic carbocycles.